The smallest absolute Gasteiger partial charge is 0.309 e. The second-order valence-corrected chi connectivity index (χ2v) is 8.38. The maximum Gasteiger partial charge on any atom is 0.309 e. The molecule has 0 spiro atoms. The first-order valence-corrected chi connectivity index (χ1v) is 11.0. The third-order valence-corrected chi connectivity index (χ3v) is 6.25. The van der Waals surface area contributed by atoms with Gasteiger partial charge in [-0.2, -0.15) is 0 Å². The number of carbonyl (C=O) groups is 1. The zero-order valence-corrected chi connectivity index (χ0v) is 17.3. The third kappa shape index (κ3) is 6.26. The van der Waals surface area contributed by atoms with Gasteiger partial charge < -0.3 is 9.84 Å². The number of rotatable bonds is 12. The van der Waals surface area contributed by atoms with Gasteiger partial charge in [0.15, 0.2) is 0 Å². The van der Waals surface area contributed by atoms with Crippen molar-refractivity contribution in [1.29, 1.82) is 0 Å². The van der Waals surface area contributed by atoms with E-state index in [4.69, 9.17) is 4.74 Å². The standard InChI is InChI=1S/C24H38O3/c1-3-4-5-6-7-8-9-14-19-27-22-17-11-10-15-20(22)21-16-12-13-18-24(21,2)23(25)26/h10-11,15,17,21H,3-9,12-14,16,18-19H2,1-2H3,(H,25,26). The number of hydrogen-bond donors (Lipinski definition) is 1. The molecule has 3 nitrogen and oxygen atoms in total. The summed E-state index contributed by atoms with van der Waals surface area (Å²) in [6.07, 6.45) is 14.1. The molecule has 152 valence electrons. The summed E-state index contributed by atoms with van der Waals surface area (Å²) < 4.78 is 6.12. The van der Waals surface area contributed by atoms with E-state index in [9.17, 15) is 9.90 Å². The lowest BCUT2D eigenvalue weighted by atomic mass is 9.65. The molecule has 27 heavy (non-hydrogen) atoms. The summed E-state index contributed by atoms with van der Waals surface area (Å²) >= 11 is 0. The molecule has 1 saturated carbocycles. The summed E-state index contributed by atoms with van der Waals surface area (Å²) in [6, 6.07) is 8.08. The van der Waals surface area contributed by atoms with E-state index in [1.807, 2.05) is 25.1 Å². The summed E-state index contributed by atoms with van der Waals surface area (Å²) in [5.41, 5.74) is 0.401. The molecule has 2 atom stereocenters. The monoisotopic (exact) mass is 374 g/mol. The van der Waals surface area contributed by atoms with Gasteiger partial charge in [-0.05, 0) is 37.8 Å². The first kappa shape index (κ1) is 21.8. The van der Waals surface area contributed by atoms with E-state index in [-0.39, 0.29) is 5.92 Å². The first-order chi connectivity index (χ1) is 13.1. The number of benzene rings is 1. The second kappa shape index (κ2) is 11.4. The molecule has 3 heteroatoms. The Morgan fingerprint density at radius 2 is 1.74 bits per heavy atom. The highest BCUT2D eigenvalue weighted by Crippen LogP contribution is 2.49. The van der Waals surface area contributed by atoms with Crippen LogP contribution in [0.3, 0.4) is 0 Å². The van der Waals surface area contributed by atoms with Crippen LogP contribution in [0.2, 0.25) is 0 Å². The highest BCUT2D eigenvalue weighted by Gasteiger charge is 2.44. The molecular formula is C24H38O3. The van der Waals surface area contributed by atoms with Crippen LogP contribution < -0.4 is 4.74 Å². The van der Waals surface area contributed by atoms with Crippen molar-refractivity contribution < 1.29 is 14.6 Å². The van der Waals surface area contributed by atoms with Gasteiger partial charge in [-0.15, -0.1) is 0 Å². The van der Waals surface area contributed by atoms with Crippen molar-refractivity contribution in [2.75, 3.05) is 6.61 Å². The fourth-order valence-electron chi connectivity index (χ4n) is 4.41. The molecule has 0 heterocycles. The predicted octanol–water partition coefficient (Wildman–Crippen LogP) is 6.95. The molecule has 1 aliphatic rings. The maximum absolute atomic E-state index is 12.0. The molecule has 1 aliphatic carbocycles. The molecule has 0 aromatic heterocycles. The first-order valence-electron chi connectivity index (χ1n) is 11.0. The van der Waals surface area contributed by atoms with E-state index < -0.39 is 11.4 Å². The maximum atomic E-state index is 12.0. The van der Waals surface area contributed by atoms with Gasteiger partial charge >= 0.3 is 5.97 Å². The number of hydrogen-bond acceptors (Lipinski definition) is 2. The zero-order valence-electron chi connectivity index (χ0n) is 17.3. The van der Waals surface area contributed by atoms with E-state index in [0.29, 0.717) is 0 Å². The Bertz CT molecular complexity index is 568. The summed E-state index contributed by atoms with van der Waals surface area (Å²) in [5.74, 6) is 0.253. The van der Waals surface area contributed by atoms with Gasteiger partial charge in [0, 0.05) is 5.92 Å². The topological polar surface area (TPSA) is 46.5 Å². The normalized spacial score (nSPS) is 22.5. The van der Waals surface area contributed by atoms with Crippen molar-refractivity contribution >= 4 is 5.97 Å². The quantitative estimate of drug-likeness (QED) is 0.402. The summed E-state index contributed by atoms with van der Waals surface area (Å²) in [6.45, 7) is 4.89. The third-order valence-electron chi connectivity index (χ3n) is 6.25. The van der Waals surface area contributed by atoms with Crippen LogP contribution in [-0.4, -0.2) is 17.7 Å². The van der Waals surface area contributed by atoms with Crippen molar-refractivity contribution in [1.82, 2.24) is 0 Å². The Hall–Kier alpha value is -1.51. The number of carboxylic acid groups (broad SMARTS) is 1. The predicted molar refractivity (Wildman–Crippen MR) is 111 cm³/mol. The molecule has 0 aliphatic heterocycles. The van der Waals surface area contributed by atoms with Crippen LogP contribution >= 0.6 is 0 Å². The SMILES string of the molecule is CCCCCCCCCCOc1ccccc1C1CCCCC1(C)C(=O)O. The van der Waals surface area contributed by atoms with Crippen molar-refractivity contribution in [3.8, 4) is 5.75 Å². The fraction of sp³-hybridized carbons (Fsp3) is 0.708. The molecule has 1 fully saturated rings. The minimum Gasteiger partial charge on any atom is -0.493 e. The number of ether oxygens (including phenoxy) is 1. The fourth-order valence-corrected chi connectivity index (χ4v) is 4.41. The number of aliphatic carboxylic acids is 1. The molecule has 1 aromatic carbocycles. The van der Waals surface area contributed by atoms with Crippen LogP contribution in [0.4, 0.5) is 0 Å². The van der Waals surface area contributed by atoms with Gasteiger partial charge in [0.25, 0.3) is 0 Å². The van der Waals surface area contributed by atoms with E-state index in [1.165, 1.54) is 44.9 Å². The van der Waals surface area contributed by atoms with E-state index in [0.717, 1.165) is 50.0 Å². The average molecular weight is 375 g/mol. The number of para-hydroxylation sites is 1. The van der Waals surface area contributed by atoms with Gasteiger partial charge in [0.2, 0.25) is 0 Å². The summed E-state index contributed by atoms with van der Waals surface area (Å²) in [5, 5.41) is 9.83. The molecule has 0 bridgehead atoms. The Morgan fingerprint density at radius 3 is 2.44 bits per heavy atom. The molecule has 2 rings (SSSR count). The van der Waals surface area contributed by atoms with Crippen molar-refractivity contribution in [3.05, 3.63) is 29.8 Å². The molecule has 0 saturated heterocycles. The van der Waals surface area contributed by atoms with Crippen LogP contribution in [0.15, 0.2) is 24.3 Å². The molecule has 0 amide bonds. The van der Waals surface area contributed by atoms with E-state index in [2.05, 4.69) is 13.0 Å². The van der Waals surface area contributed by atoms with Gasteiger partial charge in [-0.1, -0.05) is 82.9 Å². The Labute approximate surface area is 165 Å². The lowest BCUT2D eigenvalue weighted by Crippen LogP contribution is -2.37. The largest absolute Gasteiger partial charge is 0.493 e. The summed E-state index contributed by atoms with van der Waals surface area (Å²) in [7, 11) is 0. The highest BCUT2D eigenvalue weighted by atomic mass is 16.5. The lowest BCUT2D eigenvalue weighted by Gasteiger charge is -2.38. The molecule has 1 N–H and O–H groups in total. The minimum absolute atomic E-state index is 0.0403. The van der Waals surface area contributed by atoms with Gasteiger partial charge in [0.1, 0.15) is 5.75 Å². The van der Waals surface area contributed by atoms with E-state index in [1.54, 1.807) is 0 Å². The van der Waals surface area contributed by atoms with Gasteiger partial charge in [-0.25, -0.2) is 0 Å². The second-order valence-electron chi connectivity index (χ2n) is 8.38. The van der Waals surface area contributed by atoms with Gasteiger partial charge in [0.05, 0.1) is 12.0 Å². The van der Waals surface area contributed by atoms with Crippen LogP contribution in [0.1, 0.15) is 102 Å². The van der Waals surface area contributed by atoms with Crippen molar-refractivity contribution in [3.63, 3.8) is 0 Å². The van der Waals surface area contributed by atoms with Crippen molar-refractivity contribution in [2.24, 2.45) is 5.41 Å². The van der Waals surface area contributed by atoms with Crippen LogP contribution in [0.25, 0.3) is 0 Å². The van der Waals surface area contributed by atoms with Crippen LogP contribution in [-0.2, 0) is 4.79 Å². The molecule has 0 radical (unpaired) electrons. The zero-order chi connectivity index (χ0) is 19.5. The van der Waals surface area contributed by atoms with Crippen LogP contribution in [0, 0.1) is 5.41 Å². The molecule has 1 aromatic rings. The lowest BCUT2D eigenvalue weighted by molar-refractivity contribution is -0.151. The molecular weight excluding hydrogens is 336 g/mol. The Balaban J connectivity index is 1.86. The Kier molecular flexibility index (Phi) is 9.17. The number of unbranched alkanes of at least 4 members (excludes halogenated alkanes) is 7. The minimum atomic E-state index is -0.684. The van der Waals surface area contributed by atoms with E-state index >= 15 is 0 Å². The van der Waals surface area contributed by atoms with Crippen molar-refractivity contribution in [2.45, 2.75) is 96.8 Å². The van der Waals surface area contributed by atoms with Gasteiger partial charge in [-0.3, -0.25) is 4.79 Å². The summed E-state index contributed by atoms with van der Waals surface area (Å²) in [4.78, 5) is 12.0. The highest BCUT2D eigenvalue weighted by molar-refractivity contribution is 5.76. The van der Waals surface area contributed by atoms with Crippen LogP contribution in [0.5, 0.6) is 5.75 Å². The molecule has 2 unspecified atom stereocenters. The number of carboxylic acids is 1. The Morgan fingerprint density at radius 1 is 1.07 bits per heavy atom. The average Bonchev–Trinajstić information content (AvgIpc) is 2.67.